The molecule has 0 bridgehead atoms. The summed E-state index contributed by atoms with van der Waals surface area (Å²) in [5.74, 6) is -0.0809. The maximum absolute atomic E-state index is 11.9. The van der Waals surface area contributed by atoms with Crippen LogP contribution >= 0.6 is 11.3 Å². The van der Waals surface area contributed by atoms with Crippen molar-refractivity contribution in [3.63, 3.8) is 0 Å². The fraction of sp³-hybridized carbons (Fsp3) is 0.105. The van der Waals surface area contributed by atoms with E-state index in [-0.39, 0.29) is 13.2 Å². The summed E-state index contributed by atoms with van der Waals surface area (Å²) in [6.45, 7) is -0.137. The average Bonchev–Trinajstić information content (AvgIpc) is 3.07. The van der Waals surface area contributed by atoms with E-state index in [4.69, 9.17) is 13.9 Å². The van der Waals surface area contributed by atoms with Gasteiger partial charge in [-0.25, -0.2) is 14.6 Å². The maximum Gasteiger partial charge on any atom is 0.344 e. The number of carbonyl (C=O) groups is 1. The molecule has 0 aliphatic rings. The molecule has 7 heteroatoms. The van der Waals surface area contributed by atoms with Gasteiger partial charge in [0.25, 0.3) is 0 Å². The summed E-state index contributed by atoms with van der Waals surface area (Å²) >= 11 is 1.49. The number of nitrogens with zero attached hydrogens (tertiary/aromatic N) is 1. The Hall–Kier alpha value is -3.19. The van der Waals surface area contributed by atoms with Crippen LogP contribution in [0.15, 0.2) is 63.8 Å². The van der Waals surface area contributed by atoms with Crippen LogP contribution in [0.3, 0.4) is 0 Å². The Morgan fingerprint density at radius 2 is 1.96 bits per heavy atom. The van der Waals surface area contributed by atoms with E-state index in [2.05, 4.69) is 4.98 Å². The van der Waals surface area contributed by atoms with Gasteiger partial charge in [-0.05, 0) is 30.3 Å². The lowest BCUT2D eigenvalue weighted by Crippen LogP contribution is -2.14. The second-order valence-electron chi connectivity index (χ2n) is 5.48. The molecule has 6 nitrogen and oxygen atoms in total. The Morgan fingerprint density at radius 3 is 2.85 bits per heavy atom. The van der Waals surface area contributed by atoms with E-state index in [1.54, 1.807) is 24.3 Å². The van der Waals surface area contributed by atoms with Gasteiger partial charge in [-0.1, -0.05) is 12.1 Å². The number of aromatic nitrogens is 1. The first-order chi connectivity index (χ1) is 12.7. The van der Waals surface area contributed by atoms with E-state index in [9.17, 15) is 9.59 Å². The maximum atomic E-state index is 11.9. The minimum atomic E-state index is -0.501. The number of rotatable bonds is 5. The fourth-order valence-electron chi connectivity index (χ4n) is 2.44. The highest BCUT2D eigenvalue weighted by Crippen LogP contribution is 2.22. The van der Waals surface area contributed by atoms with Crippen LogP contribution in [0, 0.1) is 0 Å². The van der Waals surface area contributed by atoms with E-state index in [0.29, 0.717) is 11.3 Å². The van der Waals surface area contributed by atoms with E-state index >= 15 is 0 Å². The molecule has 0 spiro atoms. The number of carbonyl (C=O) groups excluding carboxylic acids is 1. The molecule has 2 heterocycles. The molecule has 0 N–H and O–H groups in total. The summed E-state index contributed by atoms with van der Waals surface area (Å²) in [5.41, 5.74) is 0.847. The number of benzene rings is 2. The SMILES string of the molecule is O=C(COc1ccc2ccc(=O)oc2c1)OCc1nc2ccccc2s1. The number of thiazole rings is 1. The fourth-order valence-corrected chi connectivity index (χ4v) is 3.32. The molecule has 2 aromatic carbocycles. The van der Waals surface area contributed by atoms with Crippen molar-refractivity contribution in [3.05, 3.63) is 70.0 Å². The number of esters is 1. The van der Waals surface area contributed by atoms with Crippen molar-refractivity contribution in [2.45, 2.75) is 6.61 Å². The molecule has 0 atom stereocenters. The summed E-state index contributed by atoms with van der Waals surface area (Å²) in [7, 11) is 0. The van der Waals surface area contributed by atoms with Gasteiger partial charge in [-0.3, -0.25) is 0 Å². The number of ether oxygens (including phenoxy) is 2. The third kappa shape index (κ3) is 3.57. The van der Waals surface area contributed by atoms with Crippen molar-refractivity contribution in [1.82, 2.24) is 4.98 Å². The Kier molecular flexibility index (Phi) is 4.37. The van der Waals surface area contributed by atoms with Gasteiger partial charge in [0.15, 0.2) is 6.61 Å². The van der Waals surface area contributed by atoms with Crippen molar-refractivity contribution in [2.24, 2.45) is 0 Å². The first-order valence-corrected chi connectivity index (χ1v) is 8.66. The Labute approximate surface area is 151 Å². The minimum Gasteiger partial charge on any atom is -0.482 e. The van der Waals surface area contributed by atoms with Crippen LogP contribution in [0.2, 0.25) is 0 Å². The van der Waals surface area contributed by atoms with Gasteiger partial charge in [0.1, 0.15) is 22.9 Å². The molecular formula is C19H13NO5S. The lowest BCUT2D eigenvalue weighted by Gasteiger charge is -2.06. The van der Waals surface area contributed by atoms with Crippen molar-refractivity contribution in [1.29, 1.82) is 0 Å². The van der Waals surface area contributed by atoms with Gasteiger partial charge >= 0.3 is 11.6 Å². The molecule has 0 unspecified atom stereocenters. The molecule has 0 saturated carbocycles. The Bertz CT molecular complexity index is 1110. The van der Waals surface area contributed by atoms with Gasteiger partial charge < -0.3 is 13.9 Å². The molecular weight excluding hydrogens is 354 g/mol. The topological polar surface area (TPSA) is 78.6 Å². The zero-order valence-corrected chi connectivity index (χ0v) is 14.3. The third-order valence-corrected chi connectivity index (χ3v) is 4.66. The molecule has 0 saturated heterocycles. The smallest absolute Gasteiger partial charge is 0.344 e. The van der Waals surface area contributed by atoms with Gasteiger partial charge in [0.2, 0.25) is 0 Å². The highest BCUT2D eigenvalue weighted by molar-refractivity contribution is 7.18. The number of hydrogen-bond donors (Lipinski definition) is 0. The minimum absolute atomic E-state index is 0.105. The van der Waals surface area contributed by atoms with E-state index < -0.39 is 11.6 Å². The van der Waals surface area contributed by atoms with Crippen molar-refractivity contribution >= 4 is 38.5 Å². The van der Waals surface area contributed by atoms with Gasteiger partial charge in [-0.2, -0.15) is 0 Å². The molecule has 4 rings (SSSR count). The molecule has 4 aromatic rings. The largest absolute Gasteiger partial charge is 0.482 e. The second kappa shape index (κ2) is 6.97. The monoisotopic (exact) mass is 367 g/mol. The van der Waals surface area contributed by atoms with Crippen molar-refractivity contribution in [3.8, 4) is 5.75 Å². The van der Waals surface area contributed by atoms with Crippen LogP contribution in [0.25, 0.3) is 21.2 Å². The number of fused-ring (bicyclic) bond motifs is 2. The lowest BCUT2D eigenvalue weighted by molar-refractivity contribution is -0.147. The molecule has 0 radical (unpaired) electrons. The van der Waals surface area contributed by atoms with Crippen LogP contribution in [-0.2, 0) is 16.1 Å². The van der Waals surface area contributed by atoms with E-state index in [0.717, 1.165) is 20.6 Å². The molecule has 26 heavy (non-hydrogen) atoms. The van der Waals surface area contributed by atoms with Crippen molar-refractivity contribution in [2.75, 3.05) is 6.61 Å². The Balaban J connectivity index is 1.35. The molecule has 0 fully saturated rings. The standard InChI is InChI=1S/C19H13NO5S/c21-18-8-6-12-5-7-13(9-15(12)25-18)23-11-19(22)24-10-17-20-14-3-1-2-4-16(14)26-17/h1-9H,10-11H2. The summed E-state index contributed by atoms with van der Waals surface area (Å²) in [6, 6.07) is 15.8. The summed E-state index contributed by atoms with van der Waals surface area (Å²) in [5, 5.41) is 1.50. The first kappa shape index (κ1) is 16.3. The summed E-state index contributed by atoms with van der Waals surface area (Å²) in [6.07, 6.45) is 0. The van der Waals surface area contributed by atoms with Crippen LogP contribution in [0.5, 0.6) is 5.75 Å². The zero-order valence-electron chi connectivity index (χ0n) is 13.5. The first-order valence-electron chi connectivity index (χ1n) is 7.84. The molecule has 0 aliphatic heterocycles. The van der Waals surface area contributed by atoms with Gasteiger partial charge in [-0.15, -0.1) is 11.3 Å². The molecule has 0 aliphatic carbocycles. The summed E-state index contributed by atoms with van der Waals surface area (Å²) < 4.78 is 16.7. The second-order valence-corrected chi connectivity index (χ2v) is 6.59. The predicted molar refractivity (Wildman–Crippen MR) is 97.4 cm³/mol. The molecule has 0 amide bonds. The van der Waals surface area contributed by atoms with E-state index in [1.807, 2.05) is 24.3 Å². The third-order valence-electron chi connectivity index (χ3n) is 3.65. The lowest BCUT2D eigenvalue weighted by atomic mass is 10.2. The van der Waals surface area contributed by atoms with Crippen LogP contribution in [-0.4, -0.2) is 17.6 Å². The van der Waals surface area contributed by atoms with Crippen LogP contribution < -0.4 is 10.4 Å². The van der Waals surface area contributed by atoms with Crippen LogP contribution in [0.1, 0.15) is 5.01 Å². The Morgan fingerprint density at radius 1 is 1.12 bits per heavy atom. The van der Waals surface area contributed by atoms with Crippen molar-refractivity contribution < 1.29 is 18.7 Å². The number of hydrogen-bond acceptors (Lipinski definition) is 7. The normalized spacial score (nSPS) is 10.9. The molecule has 130 valence electrons. The zero-order chi connectivity index (χ0) is 17.9. The summed E-state index contributed by atoms with van der Waals surface area (Å²) in [4.78, 5) is 27.5. The van der Waals surface area contributed by atoms with Crippen LogP contribution in [0.4, 0.5) is 0 Å². The molecule has 2 aromatic heterocycles. The number of para-hydroxylation sites is 1. The highest BCUT2D eigenvalue weighted by atomic mass is 32.1. The predicted octanol–water partition coefficient (Wildman–Crippen LogP) is 3.52. The quantitative estimate of drug-likeness (QED) is 0.397. The highest BCUT2D eigenvalue weighted by Gasteiger charge is 2.09. The van der Waals surface area contributed by atoms with E-state index in [1.165, 1.54) is 17.4 Å². The van der Waals surface area contributed by atoms with Gasteiger partial charge in [0.05, 0.1) is 10.2 Å². The average molecular weight is 367 g/mol. The van der Waals surface area contributed by atoms with Gasteiger partial charge in [0, 0.05) is 17.5 Å².